The fraction of sp³-hybridized carbons (Fsp3) is 0. The van der Waals surface area contributed by atoms with Crippen LogP contribution in [0.2, 0.25) is 0 Å². The highest BCUT2D eigenvalue weighted by molar-refractivity contribution is 9.11. The van der Waals surface area contributed by atoms with Gasteiger partial charge < -0.3 is 5.11 Å². The standard InChI is InChI=1S/C12H9BrN2O2S/c13-11-5-4-10(18-11)7-14-15-12(17)8-2-1-3-9(16)6-8/h1-7,16H,(H,15,17)/b14-7-. The molecule has 0 aliphatic rings. The second kappa shape index (κ2) is 5.79. The summed E-state index contributed by atoms with van der Waals surface area (Å²) in [7, 11) is 0. The molecule has 0 unspecified atom stereocenters. The highest BCUT2D eigenvalue weighted by atomic mass is 79.9. The summed E-state index contributed by atoms with van der Waals surface area (Å²) in [5.74, 6) is -0.313. The minimum Gasteiger partial charge on any atom is -0.508 e. The van der Waals surface area contributed by atoms with Crippen molar-refractivity contribution in [3.05, 3.63) is 50.6 Å². The lowest BCUT2D eigenvalue weighted by Gasteiger charge is -1.99. The first-order chi connectivity index (χ1) is 8.65. The molecule has 4 nitrogen and oxygen atoms in total. The second-order valence-corrected chi connectivity index (χ2v) is 5.89. The molecule has 92 valence electrons. The number of carbonyl (C=O) groups excluding carboxylic acids is 1. The van der Waals surface area contributed by atoms with E-state index in [1.54, 1.807) is 18.3 Å². The summed E-state index contributed by atoms with van der Waals surface area (Å²) < 4.78 is 1.00. The lowest BCUT2D eigenvalue weighted by Crippen LogP contribution is -2.17. The summed E-state index contributed by atoms with van der Waals surface area (Å²) in [6.45, 7) is 0. The summed E-state index contributed by atoms with van der Waals surface area (Å²) in [6, 6.07) is 9.88. The van der Waals surface area contributed by atoms with E-state index >= 15 is 0 Å². The Morgan fingerprint density at radius 2 is 2.22 bits per heavy atom. The van der Waals surface area contributed by atoms with Crippen molar-refractivity contribution in [1.82, 2.24) is 5.43 Å². The summed E-state index contributed by atoms with van der Waals surface area (Å²) >= 11 is 4.85. The van der Waals surface area contributed by atoms with Gasteiger partial charge in [0, 0.05) is 10.4 Å². The number of aromatic hydroxyl groups is 1. The third-order valence-electron chi connectivity index (χ3n) is 2.06. The summed E-state index contributed by atoms with van der Waals surface area (Å²) in [4.78, 5) is 12.6. The molecule has 2 rings (SSSR count). The van der Waals surface area contributed by atoms with E-state index in [2.05, 4.69) is 26.5 Å². The largest absolute Gasteiger partial charge is 0.508 e. The molecule has 18 heavy (non-hydrogen) atoms. The number of benzene rings is 1. The van der Waals surface area contributed by atoms with Crippen molar-refractivity contribution < 1.29 is 9.90 Å². The van der Waals surface area contributed by atoms with Crippen molar-refractivity contribution in [3.63, 3.8) is 0 Å². The Bertz CT molecular complexity index is 595. The SMILES string of the molecule is O=C(N/N=C\c1ccc(Br)s1)c1cccc(O)c1. The number of amides is 1. The molecule has 1 aromatic carbocycles. The van der Waals surface area contributed by atoms with E-state index in [4.69, 9.17) is 0 Å². The quantitative estimate of drug-likeness (QED) is 0.673. The molecule has 0 saturated carbocycles. The average molecular weight is 325 g/mol. The Labute approximate surface area is 116 Å². The second-order valence-electron chi connectivity index (χ2n) is 3.39. The molecule has 1 aromatic heterocycles. The van der Waals surface area contributed by atoms with E-state index < -0.39 is 0 Å². The van der Waals surface area contributed by atoms with Gasteiger partial charge in [-0.3, -0.25) is 4.79 Å². The van der Waals surface area contributed by atoms with Gasteiger partial charge in [0.2, 0.25) is 0 Å². The van der Waals surface area contributed by atoms with Crippen molar-refractivity contribution in [1.29, 1.82) is 0 Å². The maximum absolute atomic E-state index is 11.7. The van der Waals surface area contributed by atoms with Crippen LogP contribution in [0, 0.1) is 0 Å². The van der Waals surface area contributed by atoms with Crippen molar-refractivity contribution in [2.24, 2.45) is 5.10 Å². The van der Waals surface area contributed by atoms with Crippen LogP contribution in [0.3, 0.4) is 0 Å². The van der Waals surface area contributed by atoms with E-state index in [0.29, 0.717) is 5.56 Å². The first-order valence-corrected chi connectivity index (χ1v) is 6.64. The normalized spacial score (nSPS) is 10.7. The number of carbonyl (C=O) groups is 1. The average Bonchev–Trinajstić information content (AvgIpc) is 2.75. The molecule has 6 heteroatoms. The molecule has 2 aromatic rings. The molecule has 0 fully saturated rings. The Balaban J connectivity index is 1.98. The number of hydrogen-bond acceptors (Lipinski definition) is 4. The Kier molecular flexibility index (Phi) is 4.11. The predicted octanol–water partition coefficient (Wildman–Crippen LogP) is 2.98. The van der Waals surface area contributed by atoms with Gasteiger partial charge >= 0.3 is 0 Å². The maximum atomic E-state index is 11.7. The topological polar surface area (TPSA) is 61.7 Å². The van der Waals surface area contributed by atoms with Gasteiger partial charge in [0.25, 0.3) is 5.91 Å². The number of nitrogens with one attached hydrogen (secondary N) is 1. The number of rotatable bonds is 3. The van der Waals surface area contributed by atoms with Gasteiger partial charge in [-0.05, 0) is 46.3 Å². The van der Waals surface area contributed by atoms with Gasteiger partial charge in [-0.15, -0.1) is 11.3 Å². The molecular weight excluding hydrogens is 316 g/mol. The van der Waals surface area contributed by atoms with Gasteiger partial charge in [0.15, 0.2) is 0 Å². The van der Waals surface area contributed by atoms with Crippen LogP contribution >= 0.6 is 27.3 Å². The van der Waals surface area contributed by atoms with Crippen LogP contribution < -0.4 is 5.43 Å². The zero-order valence-corrected chi connectivity index (χ0v) is 11.5. The van der Waals surface area contributed by atoms with Crippen molar-refractivity contribution in [2.75, 3.05) is 0 Å². The van der Waals surface area contributed by atoms with Crippen LogP contribution in [-0.4, -0.2) is 17.2 Å². The number of hydrazone groups is 1. The summed E-state index contributed by atoms with van der Waals surface area (Å²) in [5.41, 5.74) is 2.76. The lowest BCUT2D eigenvalue weighted by molar-refractivity contribution is 0.0954. The molecule has 0 saturated heterocycles. The number of thiophene rings is 1. The number of hydrogen-bond donors (Lipinski definition) is 2. The molecule has 2 N–H and O–H groups in total. The van der Waals surface area contributed by atoms with Gasteiger partial charge in [0.1, 0.15) is 5.75 Å². The van der Waals surface area contributed by atoms with Crippen LogP contribution in [0.4, 0.5) is 0 Å². The highest BCUT2D eigenvalue weighted by Gasteiger charge is 2.04. The highest BCUT2D eigenvalue weighted by Crippen LogP contribution is 2.20. The van der Waals surface area contributed by atoms with Gasteiger partial charge in [-0.25, -0.2) is 5.43 Å². The van der Waals surface area contributed by atoms with Crippen molar-refractivity contribution in [2.45, 2.75) is 0 Å². The Hall–Kier alpha value is -1.66. The fourth-order valence-corrected chi connectivity index (χ4v) is 2.56. The lowest BCUT2D eigenvalue weighted by atomic mass is 10.2. The molecule has 0 aliphatic carbocycles. The maximum Gasteiger partial charge on any atom is 0.271 e. The monoisotopic (exact) mass is 324 g/mol. The fourth-order valence-electron chi connectivity index (χ4n) is 1.26. The first kappa shape index (κ1) is 12.8. The molecule has 0 radical (unpaired) electrons. The third-order valence-corrected chi connectivity index (χ3v) is 3.62. The third kappa shape index (κ3) is 3.41. The zero-order valence-electron chi connectivity index (χ0n) is 9.13. The summed E-state index contributed by atoms with van der Waals surface area (Å²) in [6.07, 6.45) is 1.57. The minimum absolute atomic E-state index is 0.0498. The van der Waals surface area contributed by atoms with Crippen LogP contribution in [0.15, 0.2) is 45.3 Å². The minimum atomic E-state index is -0.363. The molecule has 0 aliphatic heterocycles. The number of phenolic OH excluding ortho intramolecular Hbond substituents is 1. The van der Waals surface area contributed by atoms with Crippen LogP contribution in [0.5, 0.6) is 5.75 Å². The smallest absolute Gasteiger partial charge is 0.271 e. The van der Waals surface area contributed by atoms with Crippen molar-refractivity contribution in [3.8, 4) is 5.75 Å². The van der Waals surface area contributed by atoms with Crippen molar-refractivity contribution >= 4 is 39.4 Å². The van der Waals surface area contributed by atoms with Crippen LogP contribution in [0.25, 0.3) is 0 Å². The summed E-state index contributed by atoms with van der Waals surface area (Å²) in [5, 5.41) is 13.1. The Morgan fingerprint density at radius 3 is 2.89 bits per heavy atom. The first-order valence-electron chi connectivity index (χ1n) is 5.03. The molecule has 1 amide bonds. The number of halogens is 1. The van der Waals surface area contributed by atoms with Gasteiger partial charge in [0.05, 0.1) is 10.0 Å². The predicted molar refractivity (Wildman–Crippen MR) is 75.2 cm³/mol. The van der Waals surface area contributed by atoms with Gasteiger partial charge in [-0.1, -0.05) is 6.07 Å². The number of nitrogens with zero attached hydrogens (tertiary/aromatic N) is 1. The van der Waals surface area contributed by atoms with E-state index in [1.807, 2.05) is 12.1 Å². The molecule has 0 spiro atoms. The van der Waals surface area contributed by atoms with Gasteiger partial charge in [-0.2, -0.15) is 5.10 Å². The molecule has 0 bridgehead atoms. The zero-order chi connectivity index (χ0) is 13.0. The molecular formula is C12H9BrN2O2S. The molecule has 1 heterocycles. The van der Waals surface area contributed by atoms with Crippen LogP contribution in [-0.2, 0) is 0 Å². The molecule has 0 atom stereocenters. The van der Waals surface area contributed by atoms with E-state index in [0.717, 1.165) is 8.66 Å². The van der Waals surface area contributed by atoms with E-state index in [1.165, 1.54) is 23.5 Å². The van der Waals surface area contributed by atoms with E-state index in [-0.39, 0.29) is 11.7 Å². The number of phenols is 1. The Morgan fingerprint density at radius 1 is 1.39 bits per heavy atom. The van der Waals surface area contributed by atoms with Crippen LogP contribution in [0.1, 0.15) is 15.2 Å². The van der Waals surface area contributed by atoms with E-state index in [9.17, 15) is 9.90 Å².